The number of hydrogen-bond acceptors (Lipinski definition) is 4. The number of thioether (sulfide) groups is 1. The van der Waals surface area contributed by atoms with Crippen molar-refractivity contribution in [3.63, 3.8) is 0 Å². The van der Waals surface area contributed by atoms with E-state index in [-0.39, 0.29) is 11.9 Å². The molecule has 1 fully saturated rings. The number of aromatic nitrogens is 1. The van der Waals surface area contributed by atoms with Crippen molar-refractivity contribution in [2.75, 3.05) is 25.4 Å². The van der Waals surface area contributed by atoms with Gasteiger partial charge in [-0.25, -0.2) is 0 Å². The molecule has 0 unspecified atom stereocenters. The molecule has 0 aliphatic carbocycles. The minimum absolute atomic E-state index is 0.0434. The van der Waals surface area contributed by atoms with E-state index < -0.39 is 0 Å². The molecule has 2 aliphatic rings. The number of hydrogen-bond donors (Lipinski definition) is 3. The van der Waals surface area contributed by atoms with Crippen LogP contribution in [0.4, 0.5) is 0 Å². The summed E-state index contributed by atoms with van der Waals surface area (Å²) >= 11 is 1.63. The molecule has 23 heavy (non-hydrogen) atoms. The number of H-pyrrole nitrogens is 1. The molecule has 0 aromatic carbocycles. The molecule has 0 saturated carbocycles. The Hall–Kier alpha value is -1.66. The van der Waals surface area contributed by atoms with Crippen LogP contribution in [0.1, 0.15) is 18.9 Å². The van der Waals surface area contributed by atoms with Crippen LogP contribution < -0.4 is 21.2 Å². The van der Waals surface area contributed by atoms with Crippen LogP contribution in [0.15, 0.2) is 17.3 Å². The molecule has 3 heterocycles. The minimum Gasteiger partial charge on any atom is -0.361 e. The van der Waals surface area contributed by atoms with Crippen molar-refractivity contribution in [1.82, 2.24) is 20.5 Å². The monoisotopic (exact) mass is 332 g/mol. The van der Waals surface area contributed by atoms with Crippen LogP contribution in [-0.4, -0.2) is 47.2 Å². The summed E-state index contributed by atoms with van der Waals surface area (Å²) in [6.07, 6.45) is 4.96. The normalized spacial score (nSPS) is 22.8. The average Bonchev–Trinajstić information content (AvgIpc) is 3.17. The summed E-state index contributed by atoms with van der Waals surface area (Å²) < 4.78 is 0. The van der Waals surface area contributed by atoms with Crippen LogP contribution in [0, 0.1) is 6.92 Å². The highest BCUT2D eigenvalue weighted by Gasteiger charge is 2.22. The summed E-state index contributed by atoms with van der Waals surface area (Å²) in [7, 11) is 0. The van der Waals surface area contributed by atoms with Crippen molar-refractivity contribution in [2.24, 2.45) is 0 Å². The molecule has 1 aromatic heterocycles. The van der Waals surface area contributed by atoms with Gasteiger partial charge in [-0.05, 0) is 32.4 Å². The van der Waals surface area contributed by atoms with E-state index in [1.54, 1.807) is 11.8 Å². The lowest BCUT2D eigenvalue weighted by Gasteiger charge is -2.27. The second-order valence-electron chi connectivity index (χ2n) is 6.11. The van der Waals surface area contributed by atoms with Crippen molar-refractivity contribution in [2.45, 2.75) is 26.3 Å². The number of amides is 1. The van der Waals surface area contributed by atoms with Crippen LogP contribution in [0.2, 0.25) is 0 Å². The first-order chi connectivity index (χ1) is 11.1. The molecule has 0 bridgehead atoms. The number of aryl methyl sites for hydroxylation is 1. The predicted octanol–water partition coefficient (Wildman–Crippen LogP) is 0.230. The van der Waals surface area contributed by atoms with E-state index in [9.17, 15) is 4.79 Å². The molecule has 1 amide bonds. The minimum atomic E-state index is 0.0434. The van der Waals surface area contributed by atoms with Crippen molar-refractivity contribution in [3.8, 4) is 0 Å². The second-order valence-corrected chi connectivity index (χ2v) is 7.25. The van der Waals surface area contributed by atoms with Crippen molar-refractivity contribution in [3.05, 3.63) is 33.4 Å². The molecule has 6 heteroatoms. The Balaban J connectivity index is 1.83. The lowest BCUT2D eigenvalue weighted by Crippen LogP contribution is -2.38. The zero-order valence-electron chi connectivity index (χ0n) is 13.7. The third-order valence-electron chi connectivity index (χ3n) is 4.43. The first kappa shape index (κ1) is 16.2. The Labute approximate surface area is 140 Å². The Kier molecular flexibility index (Phi) is 4.82. The van der Waals surface area contributed by atoms with Crippen molar-refractivity contribution in [1.29, 1.82) is 0 Å². The highest BCUT2D eigenvalue weighted by atomic mass is 32.2. The standard InChI is InChI=1S/C17H24N4OS/c1-11-8-19-12(2)16(11)13(3)21-6-7-23-15(10-21)17(22)20-14-4-5-18-9-14/h8,10,14,18-19H,2,4-7,9H2,1,3H3,(H,20,22)/b16-13+/t14-/m1/s1. The highest BCUT2D eigenvalue weighted by molar-refractivity contribution is 8.04. The van der Waals surface area contributed by atoms with E-state index >= 15 is 0 Å². The number of carbonyl (C=O) groups excluding carboxylic acids is 1. The molecule has 0 spiro atoms. The van der Waals surface area contributed by atoms with Gasteiger partial charge in [0, 0.05) is 53.5 Å². The summed E-state index contributed by atoms with van der Waals surface area (Å²) in [5, 5.41) is 8.47. The van der Waals surface area contributed by atoms with Gasteiger partial charge in [0.2, 0.25) is 0 Å². The third kappa shape index (κ3) is 3.48. The summed E-state index contributed by atoms with van der Waals surface area (Å²) in [5.41, 5.74) is 2.32. The van der Waals surface area contributed by atoms with Gasteiger partial charge >= 0.3 is 0 Å². The zero-order valence-corrected chi connectivity index (χ0v) is 14.6. The molecule has 2 aliphatic heterocycles. The second kappa shape index (κ2) is 6.84. The Morgan fingerprint density at radius 1 is 1.52 bits per heavy atom. The summed E-state index contributed by atoms with van der Waals surface area (Å²) in [6.45, 7) is 11.0. The third-order valence-corrected chi connectivity index (χ3v) is 5.42. The van der Waals surface area contributed by atoms with Gasteiger partial charge in [-0.3, -0.25) is 4.79 Å². The molecular weight excluding hydrogens is 308 g/mol. The van der Waals surface area contributed by atoms with E-state index in [1.807, 2.05) is 12.4 Å². The maximum absolute atomic E-state index is 12.5. The average molecular weight is 332 g/mol. The highest BCUT2D eigenvalue weighted by Crippen LogP contribution is 2.24. The first-order valence-corrected chi connectivity index (χ1v) is 9.01. The van der Waals surface area contributed by atoms with Crippen LogP contribution in [0.25, 0.3) is 12.3 Å². The number of carbonyl (C=O) groups is 1. The quantitative estimate of drug-likeness (QED) is 0.742. The first-order valence-electron chi connectivity index (χ1n) is 8.03. The Bertz CT molecular complexity index is 730. The lowest BCUT2D eigenvalue weighted by atomic mass is 10.2. The lowest BCUT2D eigenvalue weighted by molar-refractivity contribution is -0.117. The molecular formula is C17H24N4OS. The van der Waals surface area contributed by atoms with E-state index in [2.05, 4.69) is 40.9 Å². The zero-order chi connectivity index (χ0) is 16.4. The maximum atomic E-state index is 12.5. The van der Waals surface area contributed by atoms with Crippen LogP contribution in [0.5, 0.6) is 0 Å². The predicted molar refractivity (Wildman–Crippen MR) is 96.0 cm³/mol. The molecule has 1 saturated heterocycles. The molecule has 5 nitrogen and oxygen atoms in total. The largest absolute Gasteiger partial charge is 0.361 e. The summed E-state index contributed by atoms with van der Waals surface area (Å²) in [6, 6.07) is 0.253. The summed E-state index contributed by atoms with van der Waals surface area (Å²) in [5.74, 6) is 0.956. The van der Waals surface area contributed by atoms with Gasteiger partial charge in [0.05, 0.1) is 4.91 Å². The SMILES string of the molecule is C=c1[nH]cc(C)/c1=C(/C)N1C=C(C(=O)N[C@@H]2CCNC2)SCC1. The Morgan fingerprint density at radius 3 is 3.00 bits per heavy atom. The van der Waals surface area contributed by atoms with Gasteiger partial charge in [-0.2, -0.15) is 0 Å². The van der Waals surface area contributed by atoms with Gasteiger partial charge < -0.3 is 20.5 Å². The fourth-order valence-electron chi connectivity index (χ4n) is 3.15. The van der Waals surface area contributed by atoms with Crippen LogP contribution in [-0.2, 0) is 4.79 Å². The van der Waals surface area contributed by atoms with E-state index in [0.29, 0.717) is 0 Å². The van der Waals surface area contributed by atoms with E-state index in [4.69, 9.17) is 0 Å². The number of aromatic amines is 1. The fraction of sp³-hybridized carbons (Fsp3) is 0.471. The molecule has 1 aromatic rings. The Morgan fingerprint density at radius 2 is 2.35 bits per heavy atom. The topological polar surface area (TPSA) is 60.2 Å². The van der Waals surface area contributed by atoms with Gasteiger partial charge in [0.1, 0.15) is 0 Å². The fourth-order valence-corrected chi connectivity index (χ4v) is 4.05. The van der Waals surface area contributed by atoms with Gasteiger partial charge in [-0.15, -0.1) is 11.8 Å². The molecule has 3 rings (SSSR count). The van der Waals surface area contributed by atoms with Gasteiger partial charge in [0.25, 0.3) is 5.91 Å². The van der Waals surface area contributed by atoms with Crippen LogP contribution >= 0.6 is 11.8 Å². The van der Waals surface area contributed by atoms with Crippen molar-refractivity contribution < 1.29 is 4.79 Å². The molecule has 124 valence electrons. The summed E-state index contributed by atoms with van der Waals surface area (Å²) in [4.78, 5) is 18.6. The number of rotatable bonds is 3. The van der Waals surface area contributed by atoms with Crippen LogP contribution in [0.3, 0.4) is 0 Å². The van der Waals surface area contributed by atoms with Gasteiger partial charge in [0.15, 0.2) is 0 Å². The number of nitrogens with zero attached hydrogens (tertiary/aromatic N) is 1. The number of nitrogens with one attached hydrogen (secondary N) is 3. The maximum Gasteiger partial charge on any atom is 0.259 e. The molecule has 1 atom stereocenters. The smallest absolute Gasteiger partial charge is 0.259 e. The molecule has 0 radical (unpaired) electrons. The molecule has 3 N–H and O–H groups in total. The van der Waals surface area contributed by atoms with Gasteiger partial charge in [-0.1, -0.05) is 6.58 Å². The van der Waals surface area contributed by atoms with E-state index in [1.165, 1.54) is 5.56 Å². The van der Waals surface area contributed by atoms with E-state index in [0.717, 1.165) is 53.0 Å². The van der Waals surface area contributed by atoms with Crippen molar-refractivity contribution >= 4 is 29.9 Å².